The van der Waals surface area contributed by atoms with Crippen LogP contribution in [0.5, 0.6) is 0 Å². The van der Waals surface area contributed by atoms with Gasteiger partial charge in [0.2, 0.25) is 0 Å². The zero-order valence-corrected chi connectivity index (χ0v) is 17.9. The molecule has 1 fully saturated rings. The summed E-state index contributed by atoms with van der Waals surface area (Å²) in [6.45, 7) is 7.12. The van der Waals surface area contributed by atoms with Crippen LogP contribution in [0.25, 0.3) is 5.69 Å². The van der Waals surface area contributed by atoms with Crippen molar-refractivity contribution in [3.05, 3.63) is 71.2 Å². The summed E-state index contributed by atoms with van der Waals surface area (Å²) >= 11 is 12.3. The van der Waals surface area contributed by atoms with Gasteiger partial charge in [-0.3, -0.25) is 4.90 Å². The monoisotopic (exact) mass is 429 g/mol. The van der Waals surface area contributed by atoms with Gasteiger partial charge in [-0.25, -0.2) is 4.98 Å². The first-order valence-electron chi connectivity index (χ1n) is 9.90. The number of nitrogens with zero attached hydrogens (tertiary/aromatic N) is 4. The molecule has 1 saturated heterocycles. The van der Waals surface area contributed by atoms with E-state index in [4.69, 9.17) is 23.2 Å². The summed E-state index contributed by atoms with van der Waals surface area (Å²) in [5.74, 6) is 0. The summed E-state index contributed by atoms with van der Waals surface area (Å²) in [5, 5.41) is 4.81. The highest BCUT2D eigenvalue weighted by atomic mass is 35.5. The predicted molar refractivity (Wildman–Crippen MR) is 122 cm³/mol. The van der Waals surface area contributed by atoms with Crippen LogP contribution in [0.15, 0.2) is 61.2 Å². The first-order chi connectivity index (χ1) is 14.1. The van der Waals surface area contributed by atoms with Crippen molar-refractivity contribution in [1.29, 1.82) is 0 Å². The molecule has 0 saturated carbocycles. The number of rotatable bonds is 6. The van der Waals surface area contributed by atoms with Gasteiger partial charge in [-0.15, -0.1) is 0 Å². The normalized spacial score (nSPS) is 17.5. The number of hydrogen-bond acceptors (Lipinski definition) is 4. The van der Waals surface area contributed by atoms with Crippen LogP contribution in [0.3, 0.4) is 0 Å². The number of likely N-dealkylation sites (N-methyl/N-ethyl adjacent to an activating group) is 1. The van der Waals surface area contributed by atoms with Gasteiger partial charge in [0, 0.05) is 61.7 Å². The van der Waals surface area contributed by atoms with Crippen LogP contribution in [0.2, 0.25) is 10.0 Å². The van der Waals surface area contributed by atoms with E-state index in [0.29, 0.717) is 16.1 Å². The summed E-state index contributed by atoms with van der Waals surface area (Å²) in [6, 6.07) is 14.7. The molecule has 1 unspecified atom stereocenters. The lowest BCUT2D eigenvalue weighted by Crippen LogP contribution is -2.55. The Morgan fingerprint density at radius 3 is 2.52 bits per heavy atom. The Hall–Kier alpha value is -2.21. The van der Waals surface area contributed by atoms with Gasteiger partial charge in [0.05, 0.1) is 16.4 Å². The number of piperazine rings is 1. The van der Waals surface area contributed by atoms with Crippen molar-refractivity contribution < 1.29 is 0 Å². The van der Waals surface area contributed by atoms with Crippen LogP contribution >= 0.6 is 23.2 Å². The molecule has 0 amide bonds. The maximum absolute atomic E-state index is 6.23. The van der Waals surface area contributed by atoms with Crippen LogP contribution < -0.4 is 10.2 Å². The molecule has 152 valence electrons. The average molecular weight is 430 g/mol. The van der Waals surface area contributed by atoms with E-state index in [0.717, 1.165) is 49.8 Å². The first-order valence-corrected chi connectivity index (χ1v) is 10.7. The van der Waals surface area contributed by atoms with Gasteiger partial charge >= 0.3 is 0 Å². The molecule has 1 N–H and O–H groups in total. The molecule has 1 aromatic heterocycles. The summed E-state index contributed by atoms with van der Waals surface area (Å²) in [5.41, 5.74) is 3.35. The third-order valence-electron chi connectivity index (χ3n) is 5.49. The van der Waals surface area contributed by atoms with Gasteiger partial charge in [-0.2, -0.15) is 0 Å². The minimum Gasteiger partial charge on any atom is -0.383 e. The number of halogens is 2. The Balaban J connectivity index is 1.41. The van der Waals surface area contributed by atoms with Crippen LogP contribution in [0, 0.1) is 0 Å². The summed E-state index contributed by atoms with van der Waals surface area (Å²) < 4.78 is 2.00. The fraction of sp³-hybridized carbons (Fsp3) is 0.318. The lowest BCUT2D eigenvalue weighted by molar-refractivity contribution is 0.194. The molecule has 1 aliphatic heterocycles. The SMILES string of the molecule is CCN1CCN(c2ccc(Cl)c(Cl)c2)CC1CNc1ccc(-n2ccnc2)cc1. The topological polar surface area (TPSA) is 36.3 Å². The molecule has 2 heterocycles. The summed E-state index contributed by atoms with van der Waals surface area (Å²) in [7, 11) is 0. The van der Waals surface area contributed by atoms with Gasteiger partial charge in [-0.1, -0.05) is 30.1 Å². The number of nitrogens with one attached hydrogen (secondary N) is 1. The van der Waals surface area contributed by atoms with Gasteiger partial charge < -0.3 is 14.8 Å². The van der Waals surface area contributed by atoms with Crippen molar-refractivity contribution in [3.63, 3.8) is 0 Å². The third-order valence-corrected chi connectivity index (χ3v) is 6.23. The largest absolute Gasteiger partial charge is 0.383 e. The Morgan fingerprint density at radius 1 is 1.03 bits per heavy atom. The van der Waals surface area contributed by atoms with Crippen molar-refractivity contribution in [3.8, 4) is 5.69 Å². The average Bonchev–Trinajstić information content (AvgIpc) is 3.29. The third kappa shape index (κ3) is 4.69. The van der Waals surface area contributed by atoms with Crippen LogP contribution in [0.1, 0.15) is 6.92 Å². The molecule has 3 aromatic rings. The molecule has 0 radical (unpaired) electrons. The quantitative estimate of drug-likeness (QED) is 0.610. The van der Waals surface area contributed by atoms with Crippen LogP contribution in [0.4, 0.5) is 11.4 Å². The highest BCUT2D eigenvalue weighted by molar-refractivity contribution is 6.42. The van der Waals surface area contributed by atoms with Crippen molar-refractivity contribution in [1.82, 2.24) is 14.5 Å². The Bertz CT molecular complexity index is 927. The van der Waals surface area contributed by atoms with E-state index in [1.165, 1.54) is 0 Å². The minimum absolute atomic E-state index is 0.413. The molecular weight excluding hydrogens is 405 g/mol. The summed E-state index contributed by atoms with van der Waals surface area (Å²) in [4.78, 5) is 9.02. The van der Waals surface area contributed by atoms with Crippen LogP contribution in [-0.2, 0) is 0 Å². The Morgan fingerprint density at radius 2 is 1.83 bits per heavy atom. The molecule has 5 nitrogen and oxygen atoms in total. The van der Waals surface area contributed by atoms with E-state index in [2.05, 4.69) is 57.4 Å². The van der Waals surface area contributed by atoms with Crippen molar-refractivity contribution in [2.45, 2.75) is 13.0 Å². The van der Waals surface area contributed by atoms with Gasteiger partial charge in [0.15, 0.2) is 0 Å². The van der Waals surface area contributed by atoms with E-state index in [1.54, 1.807) is 12.5 Å². The smallest absolute Gasteiger partial charge is 0.0991 e. The standard InChI is InChI=1S/C22H25Cl2N5/c1-2-27-11-12-28(19-7-8-21(23)22(24)13-19)15-20(27)14-26-17-3-5-18(6-4-17)29-10-9-25-16-29/h3-10,13,16,20,26H,2,11-12,14-15H2,1H3. The number of anilines is 2. The van der Waals surface area contributed by atoms with Gasteiger partial charge in [-0.05, 0) is 49.0 Å². The van der Waals surface area contributed by atoms with E-state index in [-0.39, 0.29) is 0 Å². The number of imidazole rings is 1. The Labute approximate surface area is 181 Å². The first kappa shape index (κ1) is 20.1. The van der Waals surface area contributed by atoms with Crippen molar-refractivity contribution >= 4 is 34.6 Å². The fourth-order valence-electron chi connectivity index (χ4n) is 3.82. The Kier molecular flexibility index (Phi) is 6.28. The molecule has 29 heavy (non-hydrogen) atoms. The van der Waals surface area contributed by atoms with Crippen molar-refractivity contribution in [2.24, 2.45) is 0 Å². The van der Waals surface area contributed by atoms with Crippen LogP contribution in [-0.4, -0.2) is 53.2 Å². The lowest BCUT2D eigenvalue weighted by atomic mass is 10.1. The van der Waals surface area contributed by atoms with E-state index < -0.39 is 0 Å². The highest BCUT2D eigenvalue weighted by Gasteiger charge is 2.26. The second-order valence-corrected chi connectivity index (χ2v) is 8.04. The van der Waals surface area contributed by atoms with E-state index in [1.807, 2.05) is 22.9 Å². The molecule has 0 aliphatic carbocycles. The number of aromatic nitrogens is 2. The maximum atomic E-state index is 6.23. The zero-order valence-electron chi connectivity index (χ0n) is 16.4. The molecule has 1 atom stereocenters. The molecule has 7 heteroatoms. The molecular formula is C22H25Cl2N5. The highest BCUT2D eigenvalue weighted by Crippen LogP contribution is 2.28. The number of hydrogen-bond donors (Lipinski definition) is 1. The molecule has 1 aliphatic rings. The maximum Gasteiger partial charge on any atom is 0.0991 e. The number of benzene rings is 2. The predicted octanol–water partition coefficient (Wildman–Crippen LogP) is 4.80. The molecule has 2 aromatic carbocycles. The molecule has 0 bridgehead atoms. The second-order valence-electron chi connectivity index (χ2n) is 7.22. The van der Waals surface area contributed by atoms with E-state index in [9.17, 15) is 0 Å². The van der Waals surface area contributed by atoms with Gasteiger partial charge in [0.1, 0.15) is 0 Å². The molecule has 4 rings (SSSR count). The van der Waals surface area contributed by atoms with Gasteiger partial charge in [0.25, 0.3) is 0 Å². The second kappa shape index (κ2) is 9.08. The lowest BCUT2D eigenvalue weighted by Gasteiger charge is -2.42. The van der Waals surface area contributed by atoms with Crippen molar-refractivity contribution in [2.75, 3.05) is 42.9 Å². The zero-order chi connectivity index (χ0) is 20.2. The minimum atomic E-state index is 0.413. The fourth-order valence-corrected chi connectivity index (χ4v) is 4.11. The van der Waals surface area contributed by atoms with E-state index >= 15 is 0 Å². The summed E-state index contributed by atoms with van der Waals surface area (Å²) in [6.07, 6.45) is 5.54. The molecule has 0 spiro atoms.